The van der Waals surface area contributed by atoms with Gasteiger partial charge in [0.1, 0.15) is 10.8 Å². The van der Waals surface area contributed by atoms with Crippen molar-refractivity contribution in [3.8, 4) is 5.75 Å². The first-order valence-electron chi connectivity index (χ1n) is 8.24. The zero-order chi connectivity index (χ0) is 17.4. The highest BCUT2D eigenvalue weighted by Crippen LogP contribution is 2.14. The van der Waals surface area contributed by atoms with Crippen LogP contribution in [0.5, 0.6) is 5.75 Å². The summed E-state index contributed by atoms with van der Waals surface area (Å²) in [4.78, 5) is 9.96. The van der Waals surface area contributed by atoms with Gasteiger partial charge in [-0.1, -0.05) is 19.1 Å². The Balaban J connectivity index is 0.00000312. The van der Waals surface area contributed by atoms with Gasteiger partial charge in [-0.05, 0) is 38.0 Å². The summed E-state index contributed by atoms with van der Waals surface area (Å²) in [5, 5.41) is 7.68. The SMILES string of the molecule is CCc1cnc(CNC(=NC)NCc2ccc(OC(C)C)cc2)s1.I. The fraction of sp³-hybridized carbons (Fsp3) is 0.444. The number of aromatic nitrogens is 1. The molecule has 0 radical (unpaired) electrons. The van der Waals surface area contributed by atoms with E-state index in [4.69, 9.17) is 4.74 Å². The molecule has 1 aromatic carbocycles. The number of benzene rings is 1. The Bertz CT molecular complexity index is 655. The number of aryl methyl sites for hydroxylation is 1. The summed E-state index contributed by atoms with van der Waals surface area (Å²) in [6.07, 6.45) is 3.16. The van der Waals surface area contributed by atoms with Crippen molar-refractivity contribution < 1.29 is 4.74 Å². The van der Waals surface area contributed by atoms with Gasteiger partial charge in [0.05, 0.1) is 12.6 Å². The maximum absolute atomic E-state index is 5.65. The van der Waals surface area contributed by atoms with Crippen molar-refractivity contribution in [2.75, 3.05) is 7.05 Å². The number of rotatable bonds is 7. The average molecular weight is 474 g/mol. The van der Waals surface area contributed by atoms with Crippen LogP contribution >= 0.6 is 35.3 Å². The molecule has 0 bridgehead atoms. The summed E-state index contributed by atoms with van der Waals surface area (Å²) >= 11 is 1.74. The molecular formula is C18H27IN4OS. The molecule has 0 atom stereocenters. The Morgan fingerprint density at radius 2 is 1.88 bits per heavy atom. The summed E-state index contributed by atoms with van der Waals surface area (Å²) < 4.78 is 5.65. The van der Waals surface area contributed by atoms with E-state index in [1.807, 2.05) is 32.2 Å². The molecule has 0 aliphatic carbocycles. The highest BCUT2D eigenvalue weighted by Gasteiger charge is 2.03. The monoisotopic (exact) mass is 474 g/mol. The van der Waals surface area contributed by atoms with E-state index in [1.165, 1.54) is 10.4 Å². The van der Waals surface area contributed by atoms with Gasteiger partial charge in [-0.2, -0.15) is 0 Å². The van der Waals surface area contributed by atoms with E-state index < -0.39 is 0 Å². The van der Waals surface area contributed by atoms with Crippen molar-refractivity contribution in [3.05, 3.63) is 45.9 Å². The lowest BCUT2D eigenvalue weighted by Gasteiger charge is -2.12. The number of ether oxygens (including phenoxy) is 1. The second kappa shape index (κ2) is 11.3. The topological polar surface area (TPSA) is 58.5 Å². The van der Waals surface area contributed by atoms with Crippen molar-refractivity contribution in [2.45, 2.75) is 46.4 Å². The molecule has 0 fully saturated rings. The Morgan fingerprint density at radius 3 is 2.44 bits per heavy atom. The number of aliphatic imine (C=N–C) groups is 1. The molecule has 0 saturated carbocycles. The Kier molecular flexibility index (Phi) is 9.81. The third-order valence-corrected chi connectivity index (χ3v) is 4.48. The number of hydrogen-bond donors (Lipinski definition) is 2. The standard InChI is InChI=1S/C18H26N4OS.HI/c1-5-16-11-20-17(24-16)12-22-18(19-4)21-10-14-6-8-15(9-7-14)23-13(2)3;/h6-9,11,13H,5,10,12H2,1-4H3,(H2,19,21,22);1H. The quantitative estimate of drug-likeness (QED) is 0.362. The van der Waals surface area contributed by atoms with Crippen LogP contribution in [0.1, 0.15) is 36.2 Å². The summed E-state index contributed by atoms with van der Waals surface area (Å²) in [5.74, 6) is 1.66. The van der Waals surface area contributed by atoms with Crippen molar-refractivity contribution in [3.63, 3.8) is 0 Å². The van der Waals surface area contributed by atoms with Gasteiger partial charge in [-0.3, -0.25) is 4.99 Å². The van der Waals surface area contributed by atoms with Crippen LogP contribution in [0, 0.1) is 0 Å². The van der Waals surface area contributed by atoms with Gasteiger partial charge in [0, 0.05) is 24.7 Å². The minimum atomic E-state index is 0. The Morgan fingerprint density at radius 1 is 1.20 bits per heavy atom. The third kappa shape index (κ3) is 7.60. The van der Waals surface area contributed by atoms with Crippen LogP contribution in [0.25, 0.3) is 0 Å². The molecule has 5 nitrogen and oxygen atoms in total. The fourth-order valence-corrected chi connectivity index (χ4v) is 2.92. The molecule has 25 heavy (non-hydrogen) atoms. The first-order chi connectivity index (χ1) is 11.6. The molecular weight excluding hydrogens is 447 g/mol. The molecule has 0 aliphatic heterocycles. The second-order valence-corrected chi connectivity index (χ2v) is 6.86. The van der Waals surface area contributed by atoms with Crippen molar-refractivity contribution >= 4 is 41.3 Å². The molecule has 1 heterocycles. The van der Waals surface area contributed by atoms with Crippen LogP contribution in [-0.4, -0.2) is 24.1 Å². The van der Waals surface area contributed by atoms with E-state index in [-0.39, 0.29) is 30.1 Å². The molecule has 0 unspecified atom stereocenters. The summed E-state index contributed by atoms with van der Waals surface area (Å²) in [5.41, 5.74) is 1.18. The van der Waals surface area contributed by atoms with E-state index in [1.54, 1.807) is 18.4 Å². The van der Waals surface area contributed by atoms with Crippen molar-refractivity contribution in [2.24, 2.45) is 4.99 Å². The number of hydrogen-bond acceptors (Lipinski definition) is 4. The second-order valence-electron chi connectivity index (χ2n) is 5.66. The van der Waals surface area contributed by atoms with E-state index in [9.17, 15) is 0 Å². The average Bonchev–Trinajstić information content (AvgIpc) is 3.04. The van der Waals surface area contributed by atoms with Gasteiger partial charge in [0.15, 0.2) is 5.96 Å². The van der Waals surface area contributed by atoms with Crippen LogP contribution in [-0.2, 0) is 19.5 Å². The predicted molar refractivity (Wildman–Crippen MR) is 116 cm³/mol. The van der Waals surface area contributed by atoms with E-state index >= 15 is 0 Å². The first kappa shape index (κ1) is 21.7. The van der Waals surface area contributed by atoms with Crippen LogP contribution < -0.4 is 15.4 Å². The number of halogens is 1. The number of thiazole rings is 1. The lowest BCUT2D eigenvalue weighted by atomic mass is 10.2. The molecule has 0 spiro atoms. The van der Waals surface area contributed by atoms with Gasteiger partial charge >= 0.3 is 0 Å². The van der Waals surface area contributed by atoms with Crippen LogP contribution in [0.15, 0.2) is 35.5 Å². The maximum Gasteiger partial charge on any atom is 0.191 e. The lowest BCUT2D eigenvalue weighted by molar-refractivity contribution is 0.242. The van der Waals surface area contributed by atoms with Crippen LogP contribution in [0.2, 0.25) is 0 Å². The molecule has 2 aromatic rings. The van der Waals surface area contributed by atoms with Crippen LogP contribution in [0.4, 0.5) is 0 Å². The van der Waals surface area contributed by atoms with Crippen LogP contribution in [0.3, 0.4) is 0 Å². The van der Waals surface area contributed by atoms with E-state index in [0.29, 0.717) is 13.1 Å². The van der Waals surface area contributed by atoms with Crippen molar-refractivity contribution in [1.29, 1.82) is 0 Å². The highest BCUT2D eigenvalue weighted by molar-refractivity contribution is 14.0. The largest absolute Gasteiger partial charge is 0.491 e. The number of guanidine groups is 1. The summed E-state index contributed by atoms with van der Waals surface area (Å²) in [6.45, 7) is 7.59. The predicted octanol–water partition coefficient (Wildman–Crippen LogP) is 3.98. The summed E-state index contributed by atoms with van der Waals surface area (Å²) in [6, 6.07) is 8.11. The van der Waals surface area contributed by atoms with E-state index in [0.717, 1.165) is 23.1 Å². The van der Waals surface area contributed by atoms with Gasteiger partial charge in [0.25, 0.3) is 0 Å². The fourth-order valence-electron chi connectivity index (χ4n) is 2.12. The number of nitrogens with zero attached hydrogens (tertiary/aromatic N) is 2. The minimum Gasteiger partial charge on any atom is -0.491 e. The van der Waals surface area contributed by atoms with Gasteiger partial charge in [-0.25, -0.2) is 4.98 Å². The zero-order valence-corrected chi connectivity index (χ0v) is 18.4. The smallest absolute Gasteiger partial charge is 0.191 e. The molecule has 1 aromatic heterocycles. The van der Waals surface area contributed by atoms with Crippen molar-refractivity contribution in [1.82, 2.24) is 15.6 Å². The molecule has 138 valence electrons. The Hall–Kier alpha value is -1.35. The zero-order valence-electron chi connectivity index (χ0n) is 15.2. The normalized spacial score (nSPS) is 11.2. The van der Waals surface area contributed by atoms with Gasteiger partial charge in [-0.15, -0.1) is 35.3 Å². The molecule has 0 aliphatic rings. The third-order valence-electron chi connectivity index (χ3n) is 3.34. The molecule has 0 saturated heterocycles. The van der Waals surface area contributed by atoms with Gasteiger partial charge in [0.2, 0.25) is 0 Å². The minimum absolute atomic E-state index is 0. The molecule has 0 amide bonds. The number of nitrogens with one attached hydrogen (secondary N) is 2. The highest BCUT2D eigenvalue weighted by atomic mass is 127. The van der Waals surface area contributed by atoms with Gasteiger partial charge < -0.3 is 15.4 Å². The summed E-state index contributed by atoms with van der Waals surface area (Å²) in [7, 11) is 1.77. The molecule has 7 heteroatoms. The van der Waals surface area contributed by atoms with E-state index in [2.05, 4.69) is 39.7 Å². The lowest BCUT2D eigenvalue weighted by Crippen LogP contribution is -2.36. The first-order valence-corrected chi connectivity index (χ1v) is 9.06. The maximum atomic E-state index is 5.65. The molecule has 2 N–H and O–H groups in total. The molecule has 2 rings (SSSR count). The Labute approximate surface area is 171 Å².